The van der Waals surface area contributed by atoms with Gasteiger partial charge in [-0.3, -0.25) is 9.97 Å². The Hall–Kier alpha value is -3.78. The van der Waals surface area contributed by atoms with Gasteiger partial charge in [0.05, 0.1) is 47.3 Å². The smallest absolute Gasteiger partial charge is 0.141 e. The first-order valence-corrected chi connectivity index (χ1v) is 10.7. The molecule has 0 aliphatic rings. The van der Waals surface area contributed by atoms with Crippen LogP contribution in [0.5, 0.6) is 5.75 Å². The average molecular weight is 444 g/mol. The van der Waals surface area contributed by atoms with E-state index in [1.807, 2.05) is 50.4 Å². The molecule has 0 aliphatic carbocycles. The first-order valence-electron chi connectivity index (χ1n) is 10.7. The van der Waals surface area contributed by atoms with E-state index in [4.69, 9.17) is 24.0 Å². The van der Waals surface area contributed by atoms with E-state index in [0.717, 1.165) is 61.8 Å². The van der Waals surface area contributed by atoms with Crippen LogP contribution in [0.15, 0.2) is 47.2 Å². The van der Waals surface area contributed by atoms with E-state index in [9.17, 15) is 0 Å². The molecule has 5 aromatic rings. The van der Waals surface area contributed by atoms with Crippen molar-refractivity contribution < 1.29 is 14.0 Å². The number of hydrogen-bond donors (Lipinski definition) is 0. The second-order valence-corrected chi connectivity index (χ2v) is 8.02. The standard InChI is InChI=1S/C25H25N5O3/c1-14-24(16(3)33-29-14)18-10-20-17(11-22(18)32-5)25-21(12-27-20)28-23(13-31-4)30(25)15(2)19-8-6-7-9-26-19/h6-12,15H,13H2,1-5H3. The zero-order valence-electron chi connectivity index (χ0n) is 19.3. The van der Waals surface area contributed by atoms with Crippen LogP contribution in [0.4, 0.5) is 0 Å². The normalized spacial score (nSPS) is 12.5. The summed E-state index contributed by atoms with van der Waals surface area (Å²) in [6.45, 7) is 6.31. The molecule has 1 aromatic carbocycles. The van der Waals surface area contributed by atoms with Crippen LogP contribution in [-0.2, 0) is 11.3 Å². The van der Waals surface area contributed by atoms with Gasteiger partial charge >= 0.3 is 0 Å². The Kier molecular flexibility index (Phi) is 5.30. The lowest BCUT2D eigenvalue weighted by atomic mass is 10.0. The summed E-state index contributed by atoms with van der Waals surface area (Å²) < 4.78 is 18.9. The van der Waals surface area contributed by atoms with Crippen LogP contribution < -0.4 is 4.74 Å². The van der Waals surface area contributed by atoms with Gasteiger partial charge in [-0.2, -0.15) is 0 Å². The second kappa shape index (κ2) is 8.29. The Morgan fingerprint density at radius 1 is 1.09 bits per heavy atom. The van der Waals surface area contributed by atoms with Crippen LogP contribution in [-0.4, -0.2) is 38.9 Å². The molecule has 0 saturated heterocycles. The van der Waals surface area contributed by atoms with Crippen LogP contribution in [0.2, 0.25) is 0 Å². The summed E-state index contributed by atoms with van der Waals surface area (Å²) >= 11 is 0. The summed E-state index contributed by atoms with van der Waals surface area (Å²) in [5.74, 6) is 2.27. The molecule has 0 amide bonds. The van der Waals surface area contributed by atoms with E-state index in [-0.39, 0.29) is 6.04 Å². The second-order valence-electron chi connectivity index (χ2n) is 8.02. The number of aromatic nitrogens is 5. The van der Waals surface area contributed by atoms with Crippen molar-refractivity contribution in [2.75, 3.05) is 14.2 Å². The lowest BCUT2D eigenvalue weighted by molar-refractivity contribution is 0.174. The number of imidazole rings is 1. The number of pyridine rings is 2. The Morgan fingerprint density at radius 2 is 1.94 bits per heavy atom. The fraction of sp³-hybridized carbons (Fsp3) is 0.280. The molecule has 0 N–H and O–H groups in total. The van der Waals surface area contributed by atoms with Crippen molar-refractivity contribution in [3.8, 4) is 16.9 Å². The third-order valence-corrected chi connectivity index (χ3v) is 5.99. The van der Waals surface area contributed by atoms with E-state index in [2.05, 4.69) is 21.6 Å². The molecule has 168 valence electrons. The molecule has 0 spiro atoms. The van der Waals surface area contributed by atoms with Crippen LogP contribution in [0, 0.1) is 13.8 Å². The van der Waals surface area contributed by atoms with Crippen molar-refractivity contribution in [1.29, 1.82) is 0 Å². The fourth-order valence-corrected chi connectivity index (χ4v) is 4.49. The van der Waals surface area contributed by atoms with Gasteiger partial charge in [0, 0.05) is 24.3 Å². The minimum Gasteiger partial charge on any atom is -0.496 e. The zero-order chi connectivity index (χ0) is 23.1. The molecule has 4 aromatic heterocycles. The molecular weight excluding hydrogens is 418 g/mol. The minimum atomic E-state index is -0.0554. The molecule has 1 atom stereocenters. The number of benzene rings is 1. The number of methoxy groups -OCH3 is 2. The lowest BCUT2D eigenvalue weighted by Gasteiger charge is -2.18. The number of hydrogen-bond acceptors (Lipinski definition) is 7. The fourth-order valence-electron chi connectivity index (χ4n) is 4.49. The van der Waals surface area contributed by atoms with Gasteiger partial charge in [0.2, 0.25) is 0 Å². The molecule has 0 saturated carbocycles. The van der Waals surface area contributed by atoms with E-state index in [1.54, 1.807) is 20.4 Å². The summed E-state index contributed by atoms with van der Waals surface area (Å²) in [6.07, 6.45) is 3.61. The maximum absolute atomic E-state index is 5.81. The predicted octanol–water partition coefficient (Wildman–Crippen LogP) is 5.02. The first-order chi connectivity index (χ1) is 16.0. The zero-order valence-corrected chi connectivity index (χ0v) is 19.3. The SMILES string of the molecule is COCc1nc2cnc3cc(-c4c(C)noc4C)c(OC)cc3c2n1C(C)c1ccccn1. The van der Waals surface area contributed by atoms with Gasteiger partial charge in [0.15, 0.2) is 0 Å². The van der Waals surface area contributed by atoms with Crippen molar-refractivity contribution in [2.45, 2.75) is 33.4 Å². The van der Waals surface area contributed by atoms with Gasteiger partial charge in [-0.1, -0.05) is 11.2 Å². The number of aryl methyl sites for hydroxylation is 2. The van der Waals surface area contributed by atoms with Crippen LogP contribution in [0.25, 0.3) is 33.1 Å². The third-order valence-electron chi connectivity index (χ3n) is 5.99. The molecule has 0 bridgehead atoms. The van der Waals surface area contributed by atoms with Gasteiger partial charge in [0.1, 0.15) is 29.5 Å². The molecule has 33 heavy (non-hydrogen) atoms. The largest absolute Gasteiger partial charge is 0.496 e. The van der Waals surface area contributed by atoms with E-state index in [1.165, 1.54) is 0 Å². The van der Waals surface area contributed by atoms with Crippen LogP contribution in [0.3, 0.4) is 0 Å². The number of rotatable bonds is 6. The maximum Gasteiger partial charge on any atom is 0.141 e. The molecule has 1 unspecified atom stereocenters. The van der Waals surface area contributed by atoms with E-state index >= 15 is 0 Å². The van der Waals surface area contributed by atoms with E-state index < -0.39 is 0 Å². The quantitative estimate of drug-likeness (QED) is 0.364. The molecule has 4 heterocycles. The monoisotopic (exact) mass is 443 g/mol. The topological polar surface area (TPSA) is 88.1 Å². The van der Waals surface area contributed by atoms with Gasteiger partial charge in [-0.25, -0.2) is 4.98 Å². The summed E-state index contributed by atoms with van der Waals surface area (Å²) in [7, 11) is 3.34. The Bertz CT molecular complexity index is 1440. The summed E-state index contributed by atoms with van der Waals surface area (Å²) in [6, 6.07) is 9.92. The summed E-state index contributed by atoms with van der Waals surface area (Å²) in [4.78, 5) is 14.1. The molecule has 8 heteroatoms. The first kappa shape index (κ1) is 21.1. The third kappa shape index (κ3) is 3.43. The van der Waals surface area contributed by atoms with Crippen LogP contribution >= 0.6 is 0 Å². The van der Waals surface area contributed by atoms with E-state index in [0.29, 0.717) is 6.61 Å². The van der Waals surface area contributed by atoms with Crippen LogP contribution in [0.1, 0.15) is 35.9 Å². The molecule has 5 rings (SSSR count). The van der Waals surface area contributed by atoms with Crippen molar-refractivity contribution >= 4 is 21.9 Å². The summed E-state index contributed by atoms with van der Waals surface area (Å²) in [5.41, 5.74) is 6.16. The Balaban J connectivity index is 1.82. The van der Waals surface area contributed by atoms with Gasteiger partial charge in [-0.15, -0.1) is 0 Å². The average Bonchev–Trinajstić information content (AvgIpc) is 3.37. The molecular formula is C25H25N5O3. The lowest BCUT2D eigenvalue weighted by Crippen LogP contribution is -2.12. The molecule has 8 nitrogen and oxygen atoms in total. The highest BCUT2D eigenvalue weighted by atomic mass is 16.5. The predicted molar refractivity (Wildman–Crippen MR) is 125 cm³/mol. The molecule has 0 fully saturated rings. The highest BCUT2D eigenvalue weighted by Gasteiger charge is 2.23. The number of fused-ring (bicyclic) bond motifs is 3. The number of nitrogens with zero attached hydrogens (tertiary/aromatic N) is 5. The van der Waals surface area contributed by atoms with Crippen molar-refractivity contribution in [3.63, 3.8) is 0 Å². The molecule has 0 aliphatic heterocycles. The summed E-state index contributed by atoms with van der Waals surface area (Å²) in [5, 5.41) is 5.05. The Morgan fingerprint density at radius 3 is 2.61 bits per heavy atom. The van der Waals surface area contributed by atoms with Gasteiger partial charge in [0.25, 0.3) is 0 Å². The maximum atomic E-state index is 5.81. The Labute approximate surface area is 191 Å². The van der Waals surface area contributed by atoms with Gasteiger partial charge in [-0.05, 0) is 45.0 Å². The van der Waals surface area contributed by atoms with Crippen molar-refractivity contribution in [1.82, 2.24) is 24.7 Å². The van der Waals surface area contributed by atoms with Gasteiger partial charge < -0.3 is 18.6 Å². The minimum absolute atomic E-state index is 0.0554. The van der Waals surface area contributed by atoms with Crippen molar-refractivity contribution in [2.24, 2.45) is 0 Å². The highest BCUT2D eigenvalue weighted by Crippen LogP contribution is 2.39. The molecule has 0 radical (unpaired) electrons. The number of ether oxygens (including phenoxy) is 2. The highest BCUT2D eigenvalue weighted by molar-refractivity contribution is 6.05. The van der Waals surface area contributed by atoms with Crippen molar-refractivity contribution in [3.05, 3.63) is 65.7 Å².